The normalized spacial score (nSPS) is 11.1. The molecule has 0 spiro atoms. The molecule has 1 N–H and O–H groups in total. The summed E-state index contributed by atoms with van der Waals surface area (Å²) in [4.78, 5) is 40.8. The van der Waals surface area contributed by atoms with Gasteiger partial charge in [-0.15, -0.1) is 11.3 Å². The van der Waals surface area contributed by atoms with Gasteiger partial charge < -0.3 is 5.32 Å². The lowest BCUT2D eigenvalue weighted by molar-refractivity contribution is -0.116. The Bertz CT molecular complexity index is 1450. The van der Waals surface area contributed by atoms with E-state index in [9.17, 15) is 14.4 Å². The molecule has 0 atom stereocenters. The van der Waals surface area contributed by atoms with Crippen molar-refractivity contribution in [1.29, 1.82) is 0 Å². The molecule has 6 nitrogen and oxygen atoms in total. The highest BCUT2D eigenvalue weighted by atomic mass is 35.5. The van der Waals surface area contributed by atoms with Crippen LogP contribution in [0.3, 0.4) is 0 Å². The Hall–Kier alpha value is -2.58. The zero-order chi connectivity index (χ0) is 23.0. The second-order valence-corrected chi connectivity index (χ2v) is 9.29. The molecule has 0 radical (unpaired) electrons. The summed E-state index contributed by atoms with van der Waals surface area (Å²) in [7, 11) is 0. The highest BCUT2D eigenvalue weighted by molar-refractivity contribution is 7.18. The predicted molar refractivity (Wildman–Crippen MR) is 131 cm³/mol. The number of hydrogen-bond acceptors (Lipinski definition) is 4. The first-order valence-electron chi connectivity index (χ1n) is 9.58. The number of benzene rings is 2. The maximum atomic E-state index is 13.4. The number of halogens is 3. The van der Waals surface area contributed by atoms with Gasteiger partial charge in [0.2, 0.25) is 5.91 Å². The lowest BCUT2D eigenvalue weighted by Gasteiger charge is -2.13. The summed E-state index contributed by atoms with van der Waals surface area (Å²) in [5, 5.41) is 3.94. The van der Waals surface area contributed by atoms with Crippen molar-refractivity contribution < 1.29 is 4.79 Å². The number of aromatic nitrogens is 2. The van der Waals surface area contributed by atoms with Crippen LogP contribution in [-0.4, -0.2) is 15.0 Å². The molecule has 2 aromatic carbocycles. The van der Waals surface area contributed by atoms with E-state index in [2.05, 4.69) is 5.32 Å². The molecule has 0 aliphatic carbocycles. The number of anilines is 1. The van der Waals surface area contributed by atoms with Gasteiger partial charge in [-0.3, -0.25) is 14.2 Å². The third-order valence-corrected chi connectivity index (χ3v) is 6.98. The van der Waals surface area contributed by atoms with Gasteiger partial charge in [-0.1, -0.05) is 53.9 Å². The molecule has 32 heavy (non-hydrogen) atoms. The van der Waals surface area contributed by atoms with Crippen LogP contribution in [0.4, 0.5) is 5.69 Å². The van der Waals surface area contributed by atoms with E-state index < -0.39 is 17.2 Å². The monoisotopic (exact) mass is 507 g/mol. The fourth-order valence-electron chi connectivity index (χ4n) is 3.30. The fraction of sp³-hybridized carbons (Fsp3) is 0.136. The Balaban J connectivity index is 1.86. The summed E-state index contributed by atoms with van der Waals surface area (Å²) in [5.74, 6) is -0.508. The minimum atomic E-state index is -0.644. The van der Waals surface area contributed by atoms with Crippen molar-refractivity contribution in [1.82, 2.24) is 9.13 Å². The number of hydrogen-bond donors (Lipinski definition) is 1. The zero-order valence-corrected chi connectivity index (χ0v) is 19.8. The molecule has 4 rings (SSSR count). The number of carbonyl (C=O) groups is 1. The lowest BCUT2D eigenvalue weighted by Crippen LogP contribution is -2.40. The molecule has 0 saturated carbocycles. The highest BCUT2D eigenvalue weighted by Gasteiger charge is 2.20. The smallest absolute Gasteiger partial charge is 0.322 e. The van der Waals surface area contributed by atoms with Crippen molar-refractivity contribution in [2.24, 2.45) is 0 Å². The van der Waals surface area contributed by atoms with Crippen LogP contribution in [0.2, 0.25) is 15.1 Å². The molecule has 1 amide bonds. The molecule has 2 aromatic heterocycles. The second-order valence-electron chi connectivity index (χ2n) is 6.92. The van der Waals surface area contributed by atoms with Crippen molar-refractivity contribution in [3.8, 4) is 5.69 Å². The average Bonchev–Trinajstić information content (AvgIpc) is 3.19. The first kappa shape index (κ1) is 22.6. The van der Waals surface area contributed by atoms with Crippen molar-refractivity contribution in [3.05, 3.63) is 89.3 Å². The summed E-state index contributed by atoms with van der Waals surface area (Å²) < 4.78 is 2.30. The molecule has 0 bridgehead atoms. The van der Waals surface area contributed by atoms with Crippen molar-refractivity contribution in [2.75, 3.05) is 5.32 Å². The van der Waals surface area contributed by atoms with Crippen LogP contribution in [0.25, 0.3) is 15.9 Å². The van der Waals surface area contributed by atoms with Gasteiger partial charge in [0.25, 0.3) is 5.56 Å². The molecular formula is C22H16Cl3N3O3S. The van der Waals surface area contributed by atoms with Crippen molar-refractivity contribution >= 4 is 68.0 Å². The Kier molecular flexibility index (Phi) is 6.44. The number of fused-ring (bicyclic) bond motifs is 1. The van der Waals surface area contributed by atoms with E-state index in [-0.39, 0.29) is 22.3 Å². The summed E-state index contributed by atoms with van der Waals surface area (Å²) in [6, 6.07) is 13.0. The first-order chi connectivity index (χ1) is 15.3. The van der Waals surface area contributed by atoms with Gasteiger partial charge in [-0.05, 0) is 42.8 Å². The standard InChI is InChI=1S/C22H16Cl3N3O3S/c1-2-14-10-15-20(30)28(13-6-3-5-12(23)9-13)22(31)27(21(15)32-14)11-18(29)26-19-16(24)7-4-8-17(19)25/h3-10H,2,11H2,1H3,(H,26,29). The number of aryl methyl sites for hydroxylation is 1. The number of rotatable bonds is 5. The van der Waals surface area contributed by atoms with Crippen LogP contribution in [-0.2, 0) is 17.8 Å². The molecule has 0 aliphatic heterocycles. The SMILES string of the molecule is CCc1cc2c(=O)n(-c3cccc(Cl)c3)c(=O)n(CC(=O)Nc3c(Cl)cccc3Cl)c2s1. The Morgan fingerprint density at radius 3 is 2.38 bits per heavy atom. The highest BCUT2D eigenvalue weighted by Crippen LogP contribution is 2.30. The largest absolute Gasteiger partial charge is 0.337 e. The predicted octanol–water partition coefficient (Wildman–Crippen LogP) is 5.38. The molecule has 0 unspecified atom stereocenters. The number of nitrogens with one attached hydrogen (secondary N) is 1. The van der Waals surface area contributed by atoms with Crippen LogP contribution >= 0.6 is 46.1 Å². The Morgan fingerprint density at radius 2 is 1.72 bits per heavy atom. The Morgan fingerprint density at radius 1 is 1.03 bits per heavy atom. The quantitative estimate of drug-likeness (QED) is 0.394. The molecule has 10 heteroatoms. The number of amides is 1. The number of para-hydroxylation sites is 1. The zero-order valence-electron chi connectivity index (χ0n) is 16.7. The first-order valence-corrected chi connectivity index (χ1v) is 11.5. The Labute approximate surface area is 201 Å². The second kappa shape index (κ2) is 9.11. The molecule has 0 saturated heterocycles. The third-order valence-electron chi connectivity index (χ3n) is 4.81. The minimum absolute atomic E-state index is 0.258. The van der Waals surface area contributed by atoms with Crippen molar-refractivity contribution in [3.63, 3.8) is 0 Å². The van der Waals surface area contributed by atoms with Gasteiger partial charge in [0.05, 0.1) is 26.8 Å². The van der Waals surface area contributed by atoms with E-state index >= 15 is 0 Å². The van der Waals surface area contributed by atoms with Gasteiger partial charge in [0, 0.05) is 9.90 Å². The molecular weight excluding hydrogens is 493 g/mol. The number of thiophene rings is 1. The van der Waals surface area contributed by atoms with E-state index in [1.165, 1.54) is 22.0 Å². The van der Waals surface area contributed by atoms with Gasteiger partial charge in [-0.25, -0.2) is 9.36 Å². The lowest BCUT2D eigenvalue weighted by atomic mass is 10.3. The van der Waals surface area contributed by atoms with Crippen LogP contribution < -0.4 is 16.6 Å². The van der Waals surface area contributed by atoms with Crippen LogP contribution in [0.1, 0.15) is 11.8 Å². The summed E-state index contributed by atoms with van der Waals surface area (Å²) in [6.07, 6.45) is 0.686. The van der Waals surface area contributed by atoms with Gasteiger partial charge in [0.15, 0.2) is 0 Å². The van der Waals surface area contributed by atoms with E-state index in [1.54, 1.807) is 42.5 Å². The average molecular weight is 509 g/mol. The number of nitrogens with zero attached hydrogens (tertiary/aromatic N) is 2. The van der Waals surface area contributed by atoms with Gasteiger partial charge in [0.1, 0.15) is 11.4 Å². The molecule has 164 valence electrons. The molecule has 0 aliphatic rings. The van der Waals surface area contributed by atoms with Crippen molar-refractivity contribution in [2.45, 2.75) is 19.9 Å². The summed E-state index contributed by atoms with van der Waals surface area (Å²) >= 11 is 19.7. The van der Waals surface area contributed by atoms with E-state index in [4.69, 9.17) is 34.8 Å². The summed E-state index contributed by atoms with van der Waals surface area (Å²) in [6.45, 7) is 1.62. The van der Waals surface area contributed by atoms with E-state index in [0.29, 0.717) is 27.3 Å². The van der Waals surface area contributed by atoms with Crippen LogP contribution in [0, 0.1) is 0 Å². The summed E-state index contributed by atoms with van der Waals surface area (Å²) in [5.41, 5.74) is -0.528. The molecule has 0 fully saturated rings. The van der Waals surface area contributed by atoms with Gasteiger partial charge >= 0.3 is 5.69 Å². The third kappa shape index (κ3) is 4.21. The topological polar surface area (TPSA) is 73.1 Å². The van der Waals surface area contributed by atoms with E-state index in [0.717, 1.165) is 9.44 Å². The van der Waals surface area contributed by atoms with E-state index in [1.807, 2.05) is 6.92 Å². The van der Waals surface area contributed by atoms with Crippen LogP contribution in [0.15, 0.2) is 58.1 Å². The maximum Gasteiger partial charge on any atom is 0.337 e. The molecule has 4 aromatic rings. The fourth-order valence-corrected chi connectivity index (χ4v) is 5.05. The number of carbonyl (C=O) groups excluding carboxylic acids is 1. The van der Waals surface area contributed by atoms with Crippen LogP contribution in [0.5, 0.6) is 0 Å². The molecule has 2 heterocycles. The van der Waals surface area contributed by atoms with Gasteiger partial charge in [-0.2, -0.15) is 0 Å². The maximum absolute atomic E-state index is 13.4. The minimum Gasteiger partial charge on any atom is -0.322 e.